The molecule has 0 saturated carbocycles. The monoisotopic (exact) mass is 296 g/mol. The number of H-pyrrole nitrogens is 1. The number of imidazole rings is 1. The van der Waals surface area contributed by atoms with Crippen molar-refractivity contribution in [1.82, 2.24) is 19.5 Å². The first-order valence-electron chi connectivity index (χ1n) is 5.71. The van der Waals surface area contributed by atoms with Gasteiger partial charge in [-0.2, -0.15) is 0 Å². The quantitative estimate of drug-likeness (QED) is 0.785. The van der Waals surface area contributed by atoms with Crippen molar-refractivity contribution in [2.24, 2.45) is 0 Å². The van der Waals surface area contributed by atoms with Gasteiger partial charge >= 0.3 is 6.36 Å². The van der Waals surface area contributed by atoms with E-state index in [4.69, 9.17) is 0 Å². The summed E-state index contributed by atoms with van der Waals surface area (Å²) in [5.41, 5.74) is 0.523. The predicted molar refractivity (Wildman–Crippen MR) is 66.2 cm³/mol. The molecule has 0 aliphatic carbocycles. The SMILES string of the molecule is O=c1[nH]cnc2ncn(-c3ccc(OC(F)(F)F)cc3)c12. The van der Waals surface area contributed by atoms with E-state index >= 15 is 0 Å². The van der Waals surface area contributed by atoms with Gasteiger partial charge < -0.3 is 9.72 Å². The Morgan fingerprint density at radius 3 is 2.52 bits per heavy atom. The molecule has 9 heteroatoms. The highest BCUT2D eigenvalue weighted by molar-refractivity contribution is 5.71. The third-order valence-electron chi connectivity index (χ3n) is 2.69. The fourth-order valence-corrected chi connectivity index (χ4v) is 1.87. The maximum Gasteiger partial charge on any atom is 0.573 e. The first-order valence-corrected chi connectivity index (χ1v) is 5.71. The molecule has 0 aliphatic rings. The molecule has 3 aromatic rings. The van der Waals surface area contributed by atoms with Crippen LogP contribution in [0.1, 0.15) is 0 Å². The Bertz CT molecular complexity index is 836. The molecule has 0 bridgehead atoms. The van der Waals surface area contributed by atoms with Gasteiger partial charge in [0, 0.05) is 5.69 Å². The van der Waals surface area contributed by atoms with Crippen LogP contribution in [0.25, 0.3) is 16.9 Å². The average molecular weight is 296 g/mol. The van der Waals surface area contributed by atoms with Crippen LogP contribution in [0.3, 0.4) is 0 Å². The number of nitrogens with one attached hydrogen (secondary N) is 1. The molecule has 0 saturated heterocycles. The summed E-state index contributed by atoms with van der Waals surface area (Å²) in [5, 5.41) is 0. The van der Waals surface area contributed by atoms with E-state index in [2.05, 4.69) is 19.7 Å². The fraction of sp³-hybridized carbons (Fsp3) is 0.0833. The highest BCUT2D eigenvalue weighted by Gasteiger charge is 2.31. The predicted octanol–water partition coefficient (Wildman–Crippen LogP) is 2.01. The molecule has 1 aromatic carbocycles. The van der Waals surface area contributed by atoms with E-state index < -0.39 is 11.9 Å². The van der Waals surface area contributed by atoms with Gasteiger partial charge in [0.2, 0.25) is 0 Å². The minimum Gasteiger partial charge on any atom is -0.406 e. The number of alkyl halides is 3. The van der Waals surface area contributed by atoms with Gasteiger partial charge in [0.1, 0.15) is 12.1 Å². The number of halogens is 3. The highest BCUT2D eigenvalue weighted by Crippen LogP contribution is 2.24. The molecular weight excluding hydrogens is 289 g/mol. The van der Waals surface area contributed by atoms with Crippen LogP contribution in [0, 0.1) is 0 Å². The lowest BCUT2D eigenvalue weighted by Crippen LogP contribution is -2.17. The van der Waals surface area contributed by atoms with Crippen molar-refractivity contribution in [3.63, 3.8) is 0 Å². The van der Waals surface area contributed by atoms with Crippen molar-refractivity contribution in [2.75, 3.05) is 0 Å². The summed E-state index contributed by atoms with van der Waals surface area (Å²) in [7, 11) is 0. The molecule has 2 heterocycles. The molecule has 21 heavy (non-hydrogen) atoms. The Morgan fingerprint density at radius 1 is 1.14 bits per heavy atom. The van der Waals surface area contributed by atoms with E-state index in [1.165, 1.54) is 29.4 Å². The van der Waals surface area contributed by atoms with Crippen molar-refractivity contribution in [1.29, 1.82) is 0 Å². The Hall–Kier alpha value is -2.84. The topological polar surface area (TPSA) is 72.8 Å². The zero-order valence-electron chi connectivity index (χ0n) is 10.3. The number of aromatic nitrogens is 4. The first-order chi connectivity index (χ1) is 9.94. The van der Waals surface area contributed by atoms with Crippen LogP contribution in [0.15, 0.2) is 41.7 Å². The van der Waals surface area contributed by atoms with E-state index in [1.807, 2.05) is 0 Å². The van der Waals surface area contributed by atoms with Crippen LogP contribution in [-0.4, -0.2) is 25.9 Å². The van der Waals surface area contributed by atoms with E-state index in [9.17, 15) is 18.0 Å². The van der Waals surface area contributed by atoms with E-state index in [-0.39, 0.29) is 16.9 Å². The number of nitrogens with zero attached hydrogens (tertiary/aromatic N) is 3. The van der Waals surface area contributed by atoms with Gasteiger partial charge in [-0.25, -0.2) is 9.97 Å². The first kappa shape index (κ1) is 13.2. The Labute approximate surface area is 114 Å². The molecule has 1 N–H and O–H groups in total. The van der Waals surface area contributed by atoms with Gasteiger partial charge in [-0.3, -0.25) is 9.36 Å². The number of ether oxygens (including phenoxy) is 1. The van der Waals surface area contributed by atoms with E-state index in [0.717, 1.165) is 12.1 Å². The number of hydrogen-bond donors (Lipinski definition) is 1. The summed E-state index contributed by atoms with van der Waals surface area (Å²) < 4.78 is 41.5. The summed E-state index contributed by atoms with van der Waals surface area (Å²) in [6.45, 7) is 0. The molecule has 0 unspecified atom stereocenters. The molecule has 0 spiro atoms. The largest absolute Gasteiger partial charge is 0.573 e. The molecule has 6 nitrogen and oxygen atoms in total. The number of aromatic amines is 1. The van der Waals surface area contributed by atoms with Crippen molar-refractivity contribution < 1.29 is 17.9 Å². The molecule has 0 aliphatic heterocycles. The van der Waals surface area contributed by atoms with Crippen molar-refractivity contribution >= 4 is 11.2 Å². The van der Waals surface area contributed by atoms with Crippen LogP contribution in [0.5, 0.6) is 5.75 Å². The summed E-state index contributed by atoms with van der Waals surface area (Å²) in [6, 6.07) is 5.07. The molecule has 2 aromatic heterocycles. The van der Waals surface area contributed by atoms with Gasteiger partial charge in [-0.1, -0.05) is 0 Å². The Kier molecular flexibility index (Phi) is 2.89. The number of benzene rings is 1. The minimum absolute atomic E-state index is 0.210. The van der Waals surface area contributed by atoms with Crippen LogP contribution in [-0.2, 0) is 0 Å². The van der Waals surface area contributed by atoms with Crippen LogP contribution >= 0.6 is 0 Å². The molecule has 0 radical (unpaired) electrons. The van der Waals surface area contributed by atoms with Crippen molar-refractivity contribution in [3.8, 4) is 11.4 Å². The van der Waals surface area contributed by atoms with Crippen molar-refractivity contribution in [2.45, 2.75) is 6.36 Å². The van der Waals surface area contributed by atoms with Gasteiger partial charge in [-0.15, -0.1) is 13.2 Å². The third-order valence-corrected chi connectivity index (χ3v) is 2.69. The molecule has 0 fully saturated rings. The second kappa shape index (κ2) is 4.62. The number of rotatable bonds is 2. The van der Waals surface area contributed by atoms with Gasteiger partial charge in [-0.05, 0) is 24.3 Å². The lowest BCUT2D eigenvalue weighted by molar-refractivity contribution is -0.274. The lowest BCUT2D eigenvalue weighted by Gasteiger charge is -2.09. The second-order valence-electron chi connectivity index (χ2n) is 4.06. The summed E-state index contributed by atoms with van der Waals surface area (Å²) >= 11 is 0. The Balaban J connectivity index is 2.02. The van der Waals surface area contributed by atoms with E-state index in [0.29, 0.717) is 5.69 Å². The normalized spacial score (nSPS) is 11.8. The minimum atomic E-state index is -4.75. The Morgan fingerprint density at radius 2 is 1.86 bits per heavy atom. The number of hydrogen-bond acceptors (Lipinski definition) is 4. The maximum absolute atomic E-state index is 12.1. The highest BCUT2D eigenvalue weighted by atomic mass is 19.4. The van der Waals surface area contributed by atoms with Crippen LogP contribution < -0.4 is 10.3 Å². The standard InChI is InChI=1S/C12H7F3N4O2/c13-12(14,15)21-8-3-1-7(2-4-8)19-6-18-10-9(19)11(20)17-5-16-10/h1-6H,(H,16,17,20). The van der Waals surface area contributed by atoms with Gasteiger partial charge in [0.25, 0.3) is 5.56 Å². The average Bonchev–Trinajstić information content (AvgIpc) is 2.83. The third kappa shape index (κ3) is 2.57. The van der Waals surface area contributed by atoms with Gasteiger partial charge in [0.15, 0.2) is 11.2 Å². The molecule has 3 rings (SSSR count). The van der Waals surface area contributed by atoms with Gasteiger partial charge in [0.05, 0.1) is 6.33 Å². The maximum atomic E-state index is 12.1. The molecule has 0 amide bonds. The number of fused-ring (bicyclic) bond motifs is 1. The summed E-state index contributed by atoms with van der Waals surface area (Å²) in [4.78, 5) is 22.0. The lowest BCUT2D eigenvalue weighted by atomic mass is 10.3. The molecular formula is C12H7F3N4O2. The van der Waals surface area contributed by atoms with E-state index in [1.54, 1.807) is 0 Å². The molecule has 0 atom stereocenters. The fourth-order valence-electron chi connectivity index (χ4n) is 1.87. The summed E-state index contributed by atoms with van der Waals surface area (Å²) in [5.74, 6) is -0.345. The zero-order chi connectivity index (χ0) is 15.0. The van der Waals surface area contributed by atoms with Crippen LogP contribution in [0.4, 0.5) is 13.2 Å². The van der Waals surface area contributed by atoms with Crippen LogP contribution in [0.2, 0.25) is 0 Å². The van der Waals surface area contributed by atoms with Crippen molar-refractivity contribution in [3.05, 3.63) is 47.3 Å². The second-order valence-corrected chi connectivity index (χ2v) is 4.06. The summed E-state index contributed by atoms with van der Waals surface area (Å²) in [6.07, 6.45) is -2.15. The zero-order valence-corrected chi connectivity index (χ0v) is 10.3. The smallest absolute Gasteiger partial charge is 0.406 e. The molecule has 108 valence electrons.